The topological polar surface area (TPSA) is 48.9 Å². The summed E-state index contributed by atoms with van der Waals surface area (Å²) in [6.07, 6.45) is 3.63. The second-order valence-electron chi connectivity index (χ2n) is 5.85. The third-order valence-electron chi connectivity index (χ3n) is 4.31. The van der Waals surface area contributed by atoms with Gasteiger partial charge in [-0.05, 0) is 37.9 Å². The molecule has 0 radical (unpaired) electrons. The highest BCUT2D eigenvalue weighted by Gasteiger charge is 2.23. The predicted octanol–water partition coefficient (Wildman–Crippen LogP) is 2.09. The standard InChI is InChI=1S/C17H30N4OS/c1-4-15-7-8-16(23-15)13-20-17(18-2)19-12-14-6-5-9-21(14)10-11-22-3/h7-8,14H,4-6,9-13H2,1-3H3,(H2,18,19,20). The fourth-order valence-electron chi connectivity index (χ4n) is 2.94. The second-order valence-corrected chi connectivity index (χ2v) is 7.11. The zero-order chi connectivity index (χ0) is 16.5. The molecule has 1 aromatic rings. The van der Waals surface area contributed by atoms with Crippen LogP contribution in [0.5, 0.6) is 0 Å². The Hall–Kier alpha value is -1.11. The van der Waals surface area contributed by atoms with E-state index in [9.17, 15) is 0 Å². The maximum absolute atomic E-state index is 5.20. The lowest BCUT2D eigenvalue weighted by atomic mass is 10.2. The van der Waals surface area contributed by atoms with Crippen LogP contribution in [-0.2, 0) is 17.7 Å². The number of nitrogens with one attached hydrogen (secondary N) is 2. The second kappa shape index (κ2) is 9.90. The van der Waals surface area contributed by atoms with Crippen LogP contribution < -0.4 is 10.6 Å². The van der Waals surface area contributed by atoms with Gasteiger partial charge in [0.1, 0.15) is 0 Å². The number of hydrogen-bond acceptors (Lipinski definition) is 4. The van der Waals surface area contributed by atoms with E-state index in [0.29, 0.717) is 6.04 Å². The minimum Gasteiger partial charge on any atom is -0.383 e. The Morgan fingerprint density at radius 1 is 1.39 bits per heavy atom. The van der Waals surface area contributed by atoms with E-state index in [4.69, 9.17) is 4.74 Å². The van der Waals surface area contributed by atoms with Gasteiger partial charge in [0.15, 0.2) is 5.96 Å². The van der Waals surface area contributed by atoms with Crippen LogP contribution in [0, 0.1) is 0 Å². The molecule has 2 heterocycles. The molecule has 1 saturated heterocycles. The van der Waals surface area contributed by atoms with Crippen LogP contribution >= 0.6 is 11.3 Å². The number of thiophene rings is 1. The van der Waals surface area contributed by atoms with Gasteiger partial charge >= 0.3 is 0 Å². The number of rotatable bonds is 8. The minimum atomic E-state index is 0.581. The zero-order valence-electron chi connectivity index (χ0n) is 14.6. The number of nitrogens with zero attached hydrogens (tertiary/aromatic N) is 2. The van der Waals surface area contributed by atoms with Gasteiger partial charge in [0.2, 0.25) is 0 Å². The first-order valence-electron chi connectivity index (χ1n) is 8.52. The van der Waals surface area contributed by atoms with Crippen LogP contribution in [0.3, 0.4) is 0 Å². The van der Waals surface area contributed by atoms with Gasteiger partial charge in [-0.1, -0.05) is 6.92 Å². The first-order valence-corrected chi connectivity index (χ1v) is 9.33. The summed E-state index contributed by atoms with van der Waals surface area (Å²) in [7, 11) is 3.60. The monoisotopic (exact) mass is 338 g/mol. The van der Waals surface area contributed by atoms with Gasteiger partial charge in [0, 0.05) is 43.0 Å². The molecule has 2 rings (SSSR count). The molecule has 1 fully saturated rings. The molecule has 1 aromatic heterocycles. The molecule has 1 unspecified atom stereocenters. The van der Waals surface area contributed by atoms with Crippen LogP contribution in [-0.4, -0.2) is 57.3 Å². The van der Waals surface area contributed by atoms with Crippen LogP contribution in [0.4, 0.5) is 0 Å². The van der Waals surface area contributed by atoms with Crippen molar-refractivity contribution in [2.75, 3.05) is 40.4 Å². The van der Waals surface area contributed by atoms with E-state index >= 15 is 0 Å². The van der Waals surface area contributed by atoms with Crippen molar-refractivity contribution in [1.82, 2.24) is 15.5 Å². The Labute approximate surface area is 144 Å². The molecular weight excluding hydrogens is 308 g/mol. The normalized spacial score (nSPS) is 19.3. The first kappa shape index (κ1) is 18.2. The Balaban J connectivity index is 1.74. The predicted molar refractivity (Wildman–Crippen MR) is 98.4 cm³/mol. The van der Waals surface area contributed by atoms with E-state index in [1.54, 1.807) is 7.11 Å². The molecule has 0 bridgehead atoms. The molecule has 0 spiro atoms. The number of aryl methyl sites for hydroxylation is 1. The molecule has 130 valence electrons. The number of likely N-dealkylation sites (tertiary alicyclic amines) is 1. The summed E-state index contributed by atoms with van der Waals surface area (Å²) >= 11 is 1.87. The molecule has 0 aliphatic carbocycles. The van der Waals surface area contributed by atoms with Crippen LogP contribution in [0.2, 0.25) is 0 Å². The summed E-state index contributed by atoms with van der Waals surface area (Å²) in [5, 5.41) is 6.88. The van der Waals surface area contributed by atoms with E-state index in [0.717, 1.165) is 38.6 Å². The largest absolute Gasteiger partial charge is 0.383 e. The van der Waals surface area contributed by atoms with Crippen LogP contribution in [0.1, 0.15) is 29.5 Å². The molecule has 1 aliphatic rings. The molecular formula is C17H30N4OS. The van der Waals surface area contributed by atoms with Crippen molar-refractivity contribution < 1.29 is 4.74 Å². The quantitative estimate of drug-likeness (QED) is 0.563. The number of ether oxygens (including phenoxy) is 1. The van der Waals surface area contributed by atoms with Crippen molar-refractivity contribution in [3.8, 4) is 0 Å². The molecule has 5 nitrogen and oxygen atoms in total. The number of guanidine groups is 1. The van der Waals surface area contributed by atoms with Gasteiger partial charge < -0.3 is 15.4 Å². The van der Waals surface area contributed by atoms with Crippen molar-refractivity contribution in [1.29, 1.82) is 0 Å². The molecule has 2 N–H and O–H groups in total. The summed E-state index contributed by atoms with van der Waals surface area (Å²) in [6.45, 7) is 6.97. The third kappa shape index (κ3) is 5.79. The third-order valence-corrected chi connectivity index (χ3v) is 5.54. The van der Waals surface area contributed by atoms with E-state index in [1.807, 2.05) is 18.4 Å². The lowest BCUT2D eigenvalue weighted by molar-refractivity contribution is 0.141. The molecule has 6 heteroatoms. The van der Waals surface area contributed by atoms with Gasteiger partial charge in [-0.15, -0.1) is 11.3 Å². The van der Waals surface area contributed by atoms with E-state index in [1.165, 1.54) is 29.1 Å². The minimum absolute atomic E-state index is 0.581. The van der Waals surface area contributed by atoms with Crippen molar-refractivity contribution in [3.63, 3.8) is 0 Å². The van der Waals surface area contributed by atoms with E-state index < -0.39 is 0 Å². The highest BCUT2D eigenvalue weighted by Crippen LogP contribution is 2.17. The fraction of sp³-hybridized carbons (Fsp3) is 0.706. The Kier molecular flexibility index (Phi) is 7.85. The maximum atomic E-state index is 5.20. The molecule has 0 saturated carbocycles. The average molecular weight is 339 g/mol. The smallest absolute Gasteiger partial charge is 0.191 e. The van der Waals surface area contributed by atoms with Gasteiger partial charge in [-0.3, -0.25) is 9.89 Å². The van der Waals surface area contributed by atoms with Crippen molar-refractivity contribution in [2.45, 2.75) is 38.8 Å². The lowest BCUT2D eigenvalue weighted by Crippen LogP contribution is -2.45. The summed E-state index contributed by atoms with van der Waals surface area (Å²) in [6, 6.07) is 4.99. The Bertz CT molecular complexity index is 489. The Morgan fingerprint density at radius 3 is 2.91 bits per heavy atom. The van der Waals surface area contributed by atoms with Gasteiger partial charge in [-0.25, -0.2) is 0 Å². The summed E-state index contributed by atoms with van der Waals surface area (Å²) in [5.74, 6) is 0.884. The van der Waals surface area contributed by atoms with Gasteiger partial charge in [-0.2, -0.15) is 0 Å². The molecule has 23 heavy (non-hydrogen) atoms. The average Bonchev–Trinajstić information content (AvgIpc) is 3.22. The summed E-state index contributed by atoms with van der Waals surface area (Å²) in [5.41, 5.74) is 0. The van der Waals surface area contributed by atoms with Crippen molar-refractivity contribution >= 4 is 17.3 Å². The number of hydrogen-bond donors (Lipinski definition) is 2. The molecule has 0 amide bonds. The van der Waals surface area contributed by atoms with Crippen LogP contribution in [0.25, 0.3) is 0 Å². The zero-order valence-corrected chi connectivity index (χ0v) is 15.4. The SMILES string of the molecule is CCc1ccc(CNC(=NC)NCC2CCCN2CCOC)s1. The van der Waals surface area contributed by atoms with E-state index in [-0.39, 0.29) is 0 Å². The number of aliphatic imine (C=N–C) groups is 1. The lowest BCUT2D eigenvalue weighted by Gasteiger charge is -2.25. The fourth-order valence-corrected chi connectivity index (χ4v) is 3.84. The van der Waals surface area contributed by atoms with Gasteiger partial charge in [0.25, 0.3) is 0 Å². The summed E-state index contributed by atoms with van der Waals surface area (Å²) < 4.78 is 5.20. The first-order chi connectivity index (χ1) is 11.3. The number of methoxy groups -OCH3 is 1. The Morgan fingerprint density at radius 2 is 2.22 bits per heavy atom. The van der Waals surface area contributed by atoms with Crippen molar-refractivity contribution in [2.24, 2.45) is 4.99 Å². The molecule has 0 aromatic carbocycles. The summed E-state index contributed by atoms with van der Waals surface area (Å²) in [4.78, 5) is 9.63. The highest BCUT2D eigenvalue weighted by atomic mass is 32.1. The maximum Gasteiger partial charge on any atom is 0.191 e. The van der Waals surface area contributed by atoms with Gasteiger partial charge in [0.05, 0.1) is 13.2 Å². The van der Waals surface area contributed by atoms with Crippen LogP contribution in [0.15, 0.2) is 17.1 Å². The molecule has 1 aliphatic heterocycles. The van der Waals surface area contributed by atoms with Crippen molar-refractivity contribution in [3.05, 3.63) is 21.9 Å². The van der Waals surface area contributed by atoms with E-state index in [2.05, 4.69) is 39.6 Å². The molecule has 1 atom stereocenters. The highest BCUT2D eigenvalue weighted by molar-refractivity contribution is 7.11.